The maximum atomic E-state index is 15.2. The first-order valence-corrected chi connectivity index (χ1v) is 14.2. The molecule has 1 saturated heterocycles. The number of benzene rings is 2. The van der Waals surface area contributed by atoms with E-state index in [9.17, 15) is 9.18 Å². The number of anilines is 1. The van der Waals surface area contributed by atoms with Gasteiger partial charge in [0, 0.05) is 29.8 Å². The second kappa shape index (κ2) is 10.00. The number of halogens is 4. The van der Waals surface area contributed by atoms with Crippen LogP contribution in [0.5, 0.6) is 0 Å². The molecule has 2 bridgehead atoms. The molecule has 0 radical (unpaired) electrons. The molecule has 2 saturated carbocycles. The molecule has 0 amide bonds. The van der Waals surface area contributed by atoms with E-state index in [1.54, 1.807) is 45.0 Å². The van der Waals surface area contributed by atoms with Gasteiger partial charge >= 0.3 is 5.97 Å². The van der Waals surface area contributed by atoms with Gasteiger partial charge in [0.2, 0.25) is 0 Å². The van der Waals surface area contributed by atoms with Gasteiger partial charge in [-0.2, -0.15) is 0 Å². The Morgan fingerprint density at radius 3 is 2.50 bits per heavy atom. The van der Waals surface area contributed by atoms with Crippen LogP contribution >= 0.6 is 23.2 Å². The predicted molar refractivity (Wildman–Crippen MR) is 148 cm³/mol. The van der Waals surface area contributed by atoms with Crippen molar-refractivity contribution in [1.82, 2.24) is 5.16 Å². The molecule has 3 aromatic rings. The SMILES string of the molecule is CC(C)(C)OC(=O)c1ccc(N2C[C@@H]3C[C@H]2C[C@H]3OCc2c(-c3c(Cl)cccc3Cl)noc2C2(F)CC2)cc1F. The van der Waals surface area contributed by atoms with Gasteiger partial charge in [-0.3, -0.25) is 0 Å². The van der Waals surface area contributed by atoms with Crippen molar-refractivity contribution < 1.29 is 27.6 Å². The highest BCUT2D eigenvalue weighted by Crippen LogP contribution is 2.53. The van der Waals surface area contributed by atoms with E-state index in [1.807, 2.05) is 0 Å². The van der Waals surface area contributed by atoms with Crippen molar-refractivity contribution in [2.45, 2.75) is 76.5 Å². The molecular formula is C30H30Cl2F2N2O4. The summed E-state index contributed by atoms with van der Waals surface area (Å²) in [5, 5.41) is 4.97. The fourth-order valence-electron chi connectivity index (χ4n) is 5.85. The van der Waals surface area contributed by atoms with Crippen molar-refractivity contribution in [3.8, 4) is 11.3 Å². The summed E-state index contributed by atoms with van der Waals surface area (Å²) in [6, 6.07) is 9.96. The molecule has 6 rings (SSSR count). The van der Waals surface area contributed by atoms with Gasteiger partial charge in [-0.15, -0.1) is 0 Å². The van der Waals surface area contributed by atoms with E-state index in [0.717, 1.165) is 18.5 Å². The van der Waals surface area contributed by atoms with Crippen molar-refractivity contribution >= 4 is 34.9 Å². The van der Waals surface area contributed by atoms with Gasteiger partial charge in [0.1, 0.15) is 17.1 Å². The maximum absolute atomic E-state index is 15.2. The molecule has 2 heterocycles. The molecule has 0 spiro atoms. The highest BCUT2D eigenvalue weighted by atomic mass is 35.5. The molecule has 2 aromatic carbocycles. The van der Waals surface area contributed by atoms with Gasteiger partial charge in [-0.25, -0.2) is 13.6 Å². The summed E-state index contributed by atoms with van der Waals surface area (Å²) >= 11 is 12.9. The first-order chi connectivity index (χ1) is 18.9. The normalized spacial score (nSPS) is 23.1. The molecule has 2 aliphatic carbocycles. The van der Waals surface area contributed by atoms with E-state index in [2.05, 4.69) is 10.1 Å². The number of hydrogen-bond donors (Lipinski definition) is 0. The monoisotopic (exact) mass is 590 g/mol. The van der Waals surface area contributed by atoms with E-state index in [1.165, 1.54) is 12.1 Å². The van der Waals surface area contributed by atoms with E-state index in [-0.39, 0.29) is 36.0 Å². The van der Waals surface area contributed by atoms with Gasteiger partial charge in [0.05, 0.1) is 33.9 Å². The largest absolute Gasteiger partial charge is 0.456 e. The third kappa shape index (κ3) is 5.10. The number of rotatable bonds is 7. The van der Waals surface area contributed by atoms with Gasteiger partial charge in [0.25, 0.3) is 0 Å². The number of ether oxygens (including phenoxy) is 2. The Kier molecular flexibility index (Phi) is 6.87. The number of alkyl halides is 1. The number of aromatic nitrogens is 1. The van der Waals surface area contributed by atoms with Crippen LogP contribution in [0.25, 0.3) is 11.3 Å². The zero-order valence-electron chi connectivity index (χ0n) is 22.5. The van der Waals surface area contributed by atoms with Crippen molar-refractivity contribution in [2.75, 3.05) is 11.4 Å². The fraction of sp³-hybridized carbons (Fsp3) is 0.467. The minimum atomic E-state index is -1.54. The molecule has 212 valence electrons. The molecule has 40 heavy (non-hydrogen) atoms. The van der Waals surface area contributed by atoms with Crippen molar-refractivity contribution in [2.24, 2.45) is 5.92 Å². The topological polar surface area (TPSA) is 64.8 Å². The number of esters is 1. The van der Waals surface area contributed by atoms with Crippen molar-refractivity contribution in [3.63, 3.8) is 0 Å². The molecule has 3 fully saturated rings. The molecular weight excluding hydrogens is 561 g/mol. The van der Waals surface area contributed by atoms with E-state index < -0.39 is 23.1 Å². The van der Waals surface area contributed by atoms with Crippen LogP contribution in [0.1, 0.15) is 68.1 Å². The van der Waals surface area contributed by atoms with E-state index in [4.69, 9.17) is 37.2 Å². The van der Waals surface area contributed by atoms with Gasteiger partial charge in [-0.05, 0) is 76.8 Å². The first-order valence-electron chi connectivity index (χ1n) is 13.5. The standard InChI is InChI=1S/C30H30Cl2F2N2O4/c1-29(2,3)39-28(37)19-8-7-17(12-23(19)33)36-14-16-11-18(36)13-24(16)38-15-20-26(25-21(31)5-4-6-22(25)32)35-40-27(20)30(34)9-10-30/h4-8,12,16,18,24H,9-11,13-15H2,1-3H3/t16-,18-,24+/m0/s1. The number of hydrogen-bond acceptors (Lipinski definition) is 6. The smallest absolute Gasteiger partial charge is 0.341 e. The molecule has 0 unspecified atom stereocenters. The predicted octanol–water partition coefficient (Wildman–Crippen LogP) is 7.89. The maximum Gasteiger partial charge on any atom is 0.341 e. The first kappa shape index (κ1) is 27.5. The fourth-order valence-corrected chi connectivity index (χ4v) is 6.43. The summed E-state index contributed by atoms with van der Waals surface area (Å²) in [5.74, 6) is -0.883. The number of carbonyl (C=O) groups excluding carboxylic acids is 1. The summed E-state index contributed by atoms with van der Waals surface area (Å²) in [6.45, 7) is 6.04. The summed E-state index contributed by atoms with van der Waals surface area (Å²) in [5.41, 5.74) is -0.166. The molecule has 6 nitrogen and oxygen atoms in total. The Balaban J connectivity index is 1.16. The minimum Gasteiger partial charge on any atom is -0.456 e. The Morgan fingerprint density at radius 1 is 1.18 bits per heavy atom. The molecule has 1 aliphatic heterocycles. The number of nitrogens with zero attached hydrogens (tertiary/aromatic N) is 2. The lowest BCUT2D eigenvalue weighted by Crippen LogP contribution is -2.38. The molecule has 3 aliphatic rings. The lowest BCUT2D eigenvalue weighted by Gasteiger charge is -2.33. The van der Waals surface area contributed by atoms with Gasteiger partial charge in [-0.1, -0.05) is 34.4 Å². The number of carbonyl (C=O) groups is 1. The second-order valence-corrected chi connectivity index (χ2v) is 12.8. The molecule has 0 N–H and O–H groups in total. The van der Waals surface area contributed by atoms with E-state index in [0.29, 0.717) is 46.3 Å². The van der Waals surface area contributed by atoms with Crippen LogP contribution in [0.2, 0.25) is 10.0 Å². The Bertz CT molecular complexity index is 1450. The lowest BCUT2D eigenvalue weighted by molar-refractivity contribution is 0.00647. The van der Waals surface area contributed by atoms with Gasteiger partial charge < -0.3 is 18.9 Å². The second-order valence-electron chi connectivity index (χ2n) is 12.0. The number of fused-ring (bicyclic) bond motifs is 2. The van der Waals surface area contributed by atoms with E-state index >= 15 is 4.39 Å². The summed E-state index contributed by atoms with van der Waals surface area (Å²) in [4.78, 5) is 14.5. The third-order valence-electron chi connectivity index (χ3n) is 7.91. The Morgan fingerprint density at radius 2 is 1.90 bits per heavy atom. The third-order valence-corrected chi connectivity index (χ3v) is 8.54. The van der Waals surface area contributed by atoms with Crippen molar-refractivity contribution in [3.05, 3.63) is 69.1 Å². The Labute approximate surface area is 241 Å². The zero-order valence-corrected chi connectivity index (χ0v) is 24.0. The van der Waals surface area contributed by atoms with Crippen LogP contribution in [0, 0.1) is 11.7 Å². The minimum absolute atomic E-state index is 0.0563. The van der Waals surface area contributed by atoms with Crippen LogP contribution < -0.4 is 4.90 Å². The van der Waals surface area contributed by atoms with Gasteiger partial charge in [0.15, 0.2) is 11.4 Å². The number of piperidine rings is 1. The summed E-state index contributed by atoms with van der Waals surface area (Å²) in [7, 11) is 0. The summed E-state index contributed by atoms with van der Waals surface area (Å²) in [6.07, 6.45) is 2.32. The molecule has 10 heteroatoms. The van der Waals surface area contributed by atoms with Crippen LogP contribution in [0.3, 0.4) is 0 Å². The van der Waals surface area contributed by atoms with Crippen LogP contribution in [-0.2, 0) is 21.7 Å². The average molecular weight is 591 g/mol. The van der Waals surface area contributed by atoms with Crippen LogP contribution in [0.15, 0.2) is 40.9 Å². The van der Waals surface area contributed by atoms with Crippen molar-refractivity contribution in [1.29, 1.82) is 0 Å². The van der Waals surface area contributed by atoms with Crippen LogP contribution in [-0.4, -0.2) is 35.4 Å². The zero-order chi connectivity index (χ0) is 28.4. The van der Waals surface area contributed by atoms with Crippen LogP contribution in [0.4, 0.5) is 14.5 Å². The lowest BCUT2D eigenvalue weighted by atomic mass is 10.0. The molecule has 1 aromatic heterocycles. The Hall–Kier alpha value is -2.68. The highest BCUT2D eigenvalue weighted by Gasteiger charge is 2.51. The highest BCUT2D eigenvalue weighted by molar-refractivity contribution is 6.39. The average Bonchev–Trinajstić information content (AvgIpc) is 3.21. The molecule has 3 atom stereocenters. The quantitative estimate of drug-likeness (QED) is 0.261. The summed E-state index contributed by atoms with van der Waals surface area (Å²) < 4.78 is 47.3.